The van der Waals surface area contributed by atoms with Crippen LogP contribution in [0.5, 0.6) is 0 Å². The van der Waals surface area contributed by atoms with Gasteiger partial charge in [-0.2, -0.15) is 0 Å². The number of pyridine rings is 1. The number of likely N-dealkylation sites (N-methyl/N-ethyl adjacent to an activating group) is 1. The molecule has 0 amide bonds. The number of hydrogen-bond donors (Lipinski definition) is 1. The quantitative estimate of drug-likeness (QED) is 0.921. The summed E-state index contributed by atoms with van der Waals surface area (Å²) >= 11 is 0. The summed E-state index contributed by atoms with van der Waals surface area (Å²) in [5, 5.41) is 0. The summed E-state index contributed by atoms with van der Waals surface area (Å²) in [6, 6.07) is 9.51. The second-order valence-corrected chi connectivity index (χ2v) is 5.11. The van der Waals surface area contributed by atoms with E-state index in [4.69, 9.17) is 5.73 Å². The Hall–Kier alpha value is -1.85. The standard InChI is InChI=1S/C16H19F2N3/c1-11-4-3-5-13(20-11)10-21(2)16(9-19)12-6-7-14(17)15(18)8-12/h3-8,16H,9-10,19H2,1-2H3. The van der Waals surface area contributed by atoms with Gasteiger partial charge < -0.3 is 5.73 Å². The molecule has 2 rings (SSSR count). The van der Waals surface area contributed by atoms with Crippen LogP contribution in [0.25, 0.3) is 0 Å². The molecule has 0 fully saturated rings. The second-order valence-electron chi connectivity index (χ2n) is 5.11. The Morgan fingerprint density at radius 3 is 2.57 bits per heavy atom. The Morgan fingerprint density at radius 2 is 1.95 bits per heavy atom. The number of nitrogens with two attached hydrogens (primary N) is 1. The van der Waals surface area contributed by atoms with Gasteiger partial charge in [0, 0.05) is 24.8 Å². The first-order valence-corrected chi connectivity index (χ1v) is 6.79. The molecule has 112 valence electrons. The number of nitrogens with zero attached hydrogens (tertiary/aromatic N) is 2. The molecule has 1 aromatic carbocycles. The SMILES string of the molecule is Cc1cccc(CN(C)C(CN)c2ccc(F)c(F)c2)n1. The van der Waals surface area contributed by atoms with E-state index >= 15 is 0 Å². The van der Waals surface area contributed by atoms with Crippen molar-refractivity contribution < 1.29 is 8.78 Å². The Balaban J connectivity index is 2.18. The molecule has 0 aliphatic carbocycles. The van der Waals surface area contributed by atoms with Crippen LogP contribution in [0.3, 0.4) is 0 Å². The zero-order chi connectivity index (χ0) is 15.4. The lowest BCUT2D eigenvalue weighted by molar-refractivity contribution is 0.238. The Kier molecular flexibility index (Phi) is 4.98. The fourth-order valence-corrected chi connectivity index (χ4v) is 2.34. The molecule has 0 aliphatic rings. The minimum atomic E-state index is -0.854. The summed E-state index contributed by atoms with van der Waals surface area (Å²) in [6.45, 7) is 2.83. The third-order valence-electron chi connectivity index (χ3n) is 3.44. The summed E-state index contributed by atoms with van der Waals surface area (Å²) in [6.07, 6.45) is 0. The van der Waals surface area contributed by atoms with Gasteiger partial charge in [0.2, 0.25) is 0 Å². The van der Waals surface area contributed by atoms with Crippen LogP contribution >= 0.6 is 0 Å². The van der Waals surface area contributed by atoms with Crippen LogP contribution in [0.15, 0.2) is 36.4 Å². The first-order valence-electron chi connectivity index (χ1n) is 6.79. The molecule has 5 heteroatoms. The molecular formula is C16H19F2N3. The minimum absolute atomic E-state index is 0.192. The number of benzene rings is 1. The first-order chi connectivity index (χ1) is 10.0. The smallest absolute Gasteiger partial charge is 0.159 e. The van der Waals surface area contributed by atoms with Gasteiger partial charge in [0.15, 0.2) is 11.6 Å². The van der Waals surface area contributed by atoms with Crippen LogP contribution in [-0.4, -0.2) is 23.5 Å². The van der Waals surface area contributed by atoms with E-state index in [2.05, 4.69) is 4.98 Å². The number of hydrogen-bond acceptors (Lipinski definition) is 3. The molecule has 2 aromatic rings. The predicted molar refractivity (Wildman–Crippen MR) is 78.6 cm³/mol. The highest BCUT2D eigenvalue weighted by molar-refractivity contribution is 5.22. The summed E-state index contributed by atoms with van der Waals surface area (Å²) in [5.74, 6) is -1.70. The molecule has 3 nitrogen and oxygen atoms in total. The van der Waals surface area contributed by atoms with E-state index in [0.29, 0.717) is 18.7 Å². The zero-order valence-electron chi connectivity index (χ0n) is 12.2. The summed E-state index contributed by atoms with van der Waals surface area (Å²) in [5.41, 5.74) is 8.32. The molecule has 1 aromatic heterocycles. The molecule has 2 N–H and O–H groups in total. The van der Waals surface area contributed by atoms with Gasteiger partial charge in [-0.15, -0.1) is 0 Å². The normalized spacial score (nSPS) is 12.7. The maximum atomic E-state index is 13.4. The zero-order valence-corrected chi connectivity index (χ0v) is 12.2. The summed E-state index contributed by atoms with van der Waals surface area (Å²) < 4.78 is 26.4. The average molecular weight is 291 g/mol. The molecule has 0 saturated carbocycles. The topological polar surface area (TPSA) is 42.1 Å². The van der Waals surface area contributed by atoms with Crippen LogP contribution in [0.1, 0.15) is 23.0 Å². The third-order valence-corrected chi connectivity index (χ3v) is 3.44. The number of halogens is 2. The first kappa shape index (κ1) is 15.5. The fraction of sp³-hybridized carbons (Fsp3) is 0.312. The fourth-order valence-electron chi connectivity index (χ4n) is 2.34. The van der Waals surface area contributed by atoms with Crippen molar-refractivity contribution in [1.82, 2.24) is 9.88 Å². The Bertz CT molecular complexity index is 616. The Labute approximate surface area is 123 Å². The van der Waals surface area contributed by atoms with Crippen LogP contribution in [0, 0.1) is 18.6 Å². The number of aromatic nitrogens is 1. The van der Waals surface area contributed by atoms with Gasteiger partial charge in [-0.3, -0.25) is 9.88 Å². The lowest BCUT2D eigenvalue weighted by Gasteiger charge is -2.27. The highest BCUT2D eigenvalue weighted by Gasteiger charge is 2.17. The van der Waals surface area contributed by atoms with E-state index in [9.17, 15) is 8.78 Å². The van der Waals surface area contributed by atoms with Crippen LogP contribution in [0.2, 0.25) is 0 Å². The van der Waals surface area contributed by atoms with E-state index in [1.807, 2.05) is 37.1 Å². The van der Waals surface area contributed by atoms with E-state index in [1.165, 1.54) is 6.07 Å². The molecule has 1 atom stereocenters. The minimum Gasteiger partial charge on any atom is -0.329 e. The third kappa shape index (κ3) is 3.83. The predicted octanol–water partition coefficient (Wildman–Crippen LogP) is 2.80. The van der Waals surface area contributed by atoms with Gasteiger partial charge in [-0.1, -0.05) is 12.1 Å². The van der Waals surface area contributed by atoms with E-state index in [0.717, 1.165) is 17.5 Å². The maximum absolute atomic E-state index is 13.4. The maximum Gasteiger partial charge on any atom is 0.159 e. The molecule has 21 heavy (non-hydrogen) atoms. The van der Waals surface area contributed by atoms with Crippen molar-refractivity contribution in [2.24, 2.45) is 5.73 Å². The van der Waals surface area contributed by atoms with Gasteiger partial charge >= 0.3 is 0 Å². The molecule has 0 spiro atoms. The average Bonchev–Trinajstić information content (AvgIpc) is 2.43. The van der Waals surface area contributed by atoms with Gasteiger partial charge in [-0.05, 0) is 43.8 Å². The molecule has 1 heterocycles. The van der Waals surface area contributed by atoms with Gasteiger partial charge in [0.1, 0.15) is 0 Å². The molecule has 0 saturated heterocycles. The van der Waals surface area contributed by atoms with Crippen LogP contribution in [0.4, 0.5) is 8.78 Å². The largest absolute Gasteiger partial charge is 0.329 e. The molecule has 0 aliphatic heterocycles. The van der Waals surface area contributed by atoms with E-state index in [-0.39, 0.29) is 6.04 Å². The van der Waals surface area contributed by atoms with Crippen LogP contribution < -0.4 is 5.73 Å². The summed E-state index contributed by atoms with van der Waals surface area (Å²) in [7, 11) is 1.89. The number of aryl methyl sites for hydroxylation is 1. The Morgan fingerprint density at radius 1 is 1.19 bits per heavy atom. The van der Waals surface area contributed by atoms with Gasteiger partial charge in [-0.25, -0.2) is 8.78 Å². The van der Waals surface area contributed by atoms with Crippen molar-refractivity contribution >= 4 is 0 Å². The molecule has 0 radical (unpaired) electrons. The van der Waals surface area contributed by atoms with Crippen molar-refractivity contribution in [3.05, 3.63) is 65.0 Å². The van der Waals surface area contributed by atoms with Gasteiger partial charge in [0.05, 0.1) is 5.69 Å². The van der Waals surface area contributed by atoms with Crippen molar-refractivity contribution in [3.63, 3.8) is 0 Å². The van der Waals surface area contributed by atoms with E-state index in [1.54, 1.807) is 6.07 Å². The highest BCUT2D eigenvalue weighted by Crippen LogP contribution is 2.22. The summed E-state index contributed by atoms with van der Waals surface area (Å²) in [4.78, 5) is 6.42. The molecular weight excluding hydrogens is 272 g/mol. The molecule has 1 unspecified atom stereocenters. The monoisotopic (exact) mass is 291 g/mol. The van der Waals surface area contributed by atoms with Crippen molar-refractivity contribution in [3.8, 4) is 0 Å². The number of rotatable bonds is 5. The van der Waals surface area contributed by atoms with Gasteiger partial charge in [0.25, 0.3) is 0 Å². The van der Waals surface area contributed by atoms with Crippen molar-refractivity contribution in [2.75, 3.05) is 13.6 Å². The molecule has 0 bridgehead atoms. The lowest BCUT2D eigenvalue weighted by atomic mass is 10.1. The van der Waals surface area contributed by atoms with Crippen molar-refractivity contribution in [2.45, 2.75) is 19.5 Å². The van der Waals surface area contributed by atoms with Crippen molar-refractivity contribution in [1.29, 1.82) is 0 Å². The second kappa shape index (κ2) is 6.74. The van der Waals surface area contributed by atoms with Crippen LogP contribution in [-0.2, 0) is 6.54 Å². The lowest BCUT2D eigenvalue weighted by Crippen LogP contribution is -2.30. The highest BCUT2D eigenvalue weighted by atomic mass is 19.2. The van der Waals surface area contributed by atoms with E-state index < -0.39 is 11.6 Å².